The summed E-state index contributed by atoms with van der Waals surface area (Å²) in [7, 11) is 0. The molecule has 0 bridgehead atoms. The topological polar surface area (TPSA) is 12.0 Å². The number of thioether (sulfide) groups is 1. The maximum Gasteiger partial charge on any atom is 0.137 e. The van der Waals surface area contributed by atoms with E-state index in [0.29, 0.717) is 11.8 Å². The van der Waals surface area contributed by atoms with Gasteiger partial charge in [-0.2, -0.15) is 0 Å². The molecule has 1 nitrogen and oxygen atoms in total. The first-order valence-corrected chi connectivity index (χ1v) is 8.10. The molecule has 0 aliphatic carbocycles. The number of hydrogen-bond donors (Lipinski definition) is 1. The van der Waals surface area contributed by atoms with E-state index in [1.54, 1.807) is 23.9 Å². The zero-order valence-corrected chi connectivity index (χ0v) is 13.3. The molecule has 0 radical (unpaired) electrons. The predicted molar refractivity (Wildman–Crippen MR) is 83.1 cm³/mol. The van der Waals surface area contributed by atoms with Crippen molar-refractivity contribution in [2.75, 3.05) is 12.3 Å². The highest BCUT2D eigenvalue weighted by Gasteiger charge is 2.09. The van der Waals surface area contributed by atoms with Gasteiger partial charge in [0.15, 0.2) is 0 Å². The molecule has 0 fully saturated rings. The van der Waals surface area contributed by atoms with E-state index in [1.807, 2.05) is 6.07 Å². The van der Waals surface area contributed by atoms with E-state index in [9.17, 15) is 4.39 Å². The molecular formula is C16H26FNS. The molecule has 1 aromatic carbocycles. The van der Waals surface area contributed by atoms with Crippen LogP contribution >= 0.6 is 11.8 Å². The van der Waals surface area contributed by atoms with Gasteiger partial charge in [0.05, 0.1) is 0 Å². The lowest BCUT2D eigenvalue weighted by atomic mass is 10.2. The Morgan fingerprint density at radius 1 is 1.16 bits per heavy atom. The molecule has 0 atom stereocenters. The molecular weight excluding hydrogens is 257 g/mol. The van der Waals surface area contributed by atoms with Gasteiger partial charge in [0.1, 0.15) is 5.82 Å². The van der Waals surface area contributed by atoms with Gasteiger partial charge in [-0.1, -0.05) is 39.8 Å². The lowest BCUT2D eigenvalue weighted by Crippen LogP contribution is -2.19. The first-order valence-electron chi connectivity index (χ1n) is 7.11. The molecule has 0 aliphatic rings. The lowest BCUT2D eigenvalue weighted by molar-refractivity contribution is 0.542. The van der Waals surface area contributed by atoms with Crippen molar-refractivity contribution in [3.05, 3.63) is 29.6 Å². The summed E-state index contributed by atoms with van der Waals surface area (Å²) in [4.78, 5) is 0.819. The molecule has 108 valence electrons. The molecule has 0 aliphatic heterocycles. The van der Waals surface area contributed by atoms with Crippen molar-refractivity contribution in [2.24, 2.45) is 11.8 Å². The third kappa shape index (κ3) is 6.44. The predicted octanol–water partition coefficient (Wildman–Crippen LogP) is 4.71. The summed E-state index contributed by atoms with van der Waals surface area (Å²) < 4.78 is 13.9. The summed E-state index contributed by atoms with van der Waals surface area (Å²) in [6, 6.07) is 5.38. The van der Waals surface area contributed by atoms with Gasteiger partial charge in [0.2, 0.25) is 0 Å². The Balaban J connectivity index is 2.61. The molecule has 0 saturated carbocycles. The van der Waals surface area contributed by atoms with Crippen LogP contribution in [0.25, 0.3) is 0 Å². The molecule has 3 heteroatoms. The highest BCUT2D eigenvalue weighted by molar-refractivity contribution is 7.99. The third-order valence-electron chi connectivity index (χ3n) is 2.86. The summed E-state index contributed by atoms with van der Waals surface area (Å²) in [5.74, 6) is 2.18. The largest absolute Gasteiger partial charge is 0.312 e. The van der Waals surface area contributed by atoms with Crippen LogP contribution in [0.15, 0.2) is 23.1 Å². The van der Waals surface area contributed by atoms with Gasteiger partial charge in [0.25, 0.3) is 0 Å². The Morgan fingerprint density at radius 2 is 1.89 bits per heavy atom. The summed E-state index contributed by atoms with van der Waals surface area (Å²) in [5, 5.41) is 3.39. The van der Waals surface area contributed by atoms with Gasteiger partial charge in [-0.3, -0.25) is 0 Å². The van der Waals surface area contributed by atoms with E-state index in [4.69, 9.17) is 0 Å². The van der Waals surface area contributed by atoms with Gasteiger partial charge < -0.3 is 5.32 Å². The van der Waals surface area contributed by atoms with Crippen molar-refractivity contribution in [1.82, 2.24) is 5.32 Å². The van der Waals surface area contributed by atoms with E-state index in [1.165, 1.54) is 0 Å². The first-order chi connectivity index (χ1) is 9.00. The smallest absolute Gasteiger partial charge is 0.137 e. The molecule has 0 amide bonds. The second-order valence-electron chi connectivity index (χ2n) is 5.78. The Hall–Kier alpha value is -0.540. The minimum atomic E-state index is -0.0856. The highest BCUT2D eigenvalue weighted by Crippen LogP contribution is 2.27. The summed E-state index contributed by atoms with van der Waals surface area (Å²) in [5.41, 5.74) is 1.08. The van der Waals surface area contributed by atoms with E-state index in [2.05, 4.69) is 33.0 Å². The molecule has 0 heterocycles. The second kappa shape index (κ2) is 8.60. The van der Waals surface area contributed by atoms with Crippen LogP contribution in [-0.2, 0) is 6.54 Å². The quantitative estimate of drug-likeness (QED) is 0.693. The fourth-order valence-electron chi connectivity index (χ4n) is 1.75. The Kier molecular flexibility index (Phi) is 7.47. The van der Waals surface area contributed by atoms with Crippen molar-refractivity contribution in [3.8, 4) is 0 Å². The molecule has 0 spiro atoms. The maximum atomic E-state index is 13.9. The van der Waals surface area contributed by atoms with Crippen LogP contribution in [0.4, 0.5) is 4.39 Å². The zero-order valence-electron chi connectivity index (χ0n) is 12.5. The number of hydrogen-bond acceptors (Lipinski definition) is 2. The standard InChI is InChI=1S/C16H26FNS/c1-12(2)8-9-19-16-14(6-5-7-15(16)17)11-18-10-13(3)4/h5-7,12-13,18H,8-11H2,1-4H3. The van der Waals surface area contributed by atoms with Crippen LogP contribution in [0.5, 0.6) is 0 Å². The Bertz CT molecular complexity index is 377. The van der Waals surface area contributed by atoms with E-state index in [-0.39, 0.29) is 5.82 Å². The van der Waals surface area contributed by atoms with Crippen molar-refractivity contribution in [3.63, 3.8) is 0 Å². The Morgan fingerprint density at radius 3 is 2.53 bits per heavy atom. The molecule has 0 aromatic heterocycles. The number of nitrogens with one attached hydrogen (secondary N) is 1. The van der Waals surface area contributed by atoms with Crippen LogP contribution in [0.3, 0.4) is 0 Å². The minimum absolute atomic E-state index is 0.0856. The van der Waals surface area contributed by atoms with Gasteiger partial charge >= 0.3 is 0 Å². The maximum absolute atomic E-state index is 13.9. The van der Waals surface area contributed by atoms with Gasteiger partial charge in [-0.15, -0.1) is 11.8 Å². The summed E-state index contributed by atoms with van der Waals surface area (Å²) >= 11 is 1.65. The zero-order chi connectivity index (χ0) is 14.3. The van der Waals surface area contributed by atoms with E-state index < -0.39 is 0 Å². The van der Waals surface area contributed by atoms with Crippen molar-refractivity contribution >= 4 is 11.8 Å². The highest BCUT2D eigenvalue weighted by atomic mass is 32.2. The van der Waals surface area contributed by atoms with E-state index in [0.717, 1.165) is 35.7 Å². The van der Waals surface area contributed by atoms with Crippen LogP contribution in [0.1, 0.15) is 39.7 Å². The minimum Gasteiger partial charge on any atom is -0.312 e. The molecule has 0 saturated heterocycles. The van der Waals surface area contributed by atoms with E-state index >= 15 is 0 Å². The van der Waals surface area contributed by atoms with Crippen molar-refractivity contribution < 1.29 is 4.39 Å². The number of rotatable bonds is 8. The fourth-order valence-corrected chi connectivity index (χ4v) is 3.07. The summed E-state index contributed by atoms with van der Waals surface area (Å²) in [6.45, 7) is 10.5. The third-order valence-corrected chi connectivity index (χ3v) is 4.04. The number of halogens is 1. The fraction of sp³-hybridized carbons (Fsp3) is 0.625. The van der Waals surface area contributed by atoms with Gasteiger partial charge in [-0.05, 0) is 42.2 Å². The Labute approximate surface area is 121 Å². The van der Waals surface area contributed by atoms with Crippen molar-refractivity contribution in [1.29, 1.82) is 0 Å². The second-order valence-corrected chi connectivity index (χ2v) is 6.89. The average molecular weight is 283 g/mol. The molecule has 1 aromatic rings. The molecule has 19 heavy (non-hydrogen) atoms. The van der Waals surface area contributed by atoms with Crippen LogP contribution < -0.4 is 5.32 Å². The van der Waals surface area contributed by atoms with Gasteiger partial charge in [0, 0.05) is 11.4 Å². The van der Waals surface area contributed by atoms with Gasteiger partial charge in [-0.25, -0.2) is 4.39 Å². The lowest BCUT2D eigenvalue weighted by Gasteiger charge is -2.13. The van der Waals surface area contributed by atoms with Crippen LogP contribution in [-0.4, -0.2) is 12.3 Å². The summed E-state index contributed by atoms with van der Waals surface area (Å²) in [6.07, 6.45) is 1.12. The monoisotopic (exact) mass is 283 g/mol. The van der Waals surface area contributed by atoms with Crippen molar-refractivity contribution in [2.45, 2.75) is 45.6 Å². The normalized spacial score (nSPS) is 11.5. The van der Waals surface area contributed by atoms with Crippen LogP contribution in [0.2, 0.25) is 0 Å². The first kappa shape index (κ1) is 16.5. The molecule has 1 N–H and O–H groups in total. The average Bonchev–Trinajstić information content (AvgIpc) is 2.31. The van der Waals surface area contributed by atoms with Crippen LogP contribution in [0, 0.1) is 17.7 Å². The number of benzene rings is 1. The molecule has 1 rings (SSSR count). The SMILES string of the molecule is CC(C)CCSc1c(F)cccc1CNCC(C)C. The molecule has 0 unspecified atom stereocenters.